The SMILES string of the molecule is O=C/C=C/C=C/C=C/C1CCC(C(F)(F)F)CC1. The van der Waals surface area contributed by atoms with Crippen LogP contribution < -0.4 is 0 Å². The lowest BCUT2D eigenvalue weighted by Crippen LogP contribution is -2.27. The summed E-state index contributed by atoms with van der Waals surface area (Å²) < 4.78 is 37.3. The number of hydrogen-bond acceptors (Lipinski definition) is 1. The highest BCUT2D eigenvalue weighted by molar-refractivity contribution is 5.65. The fraction of sp³-hybridized carbons (Fsp3) is 0.500. The first-order valence-electron chi connectivity index (χ1n) is 6.06. The number of aldehydes is 1. The van der Waals surface area contributed by atoms with Crippen molar-refractivity contribution in [2.45, 2.75) is 31.9 Å². The lowest BCUT2D eigenvalue weighted by Gasteiger charge is -2.28. The topological polar surface area (TPSA) is 17.1 Å². The van der Waals surface area contributed by atoms with Crippen LogP contribution in [0.1, 0.15) is 25.7 Å². The van der Waals surface area contributed by atoms with E-state index in [9.17, 15) is 18.0 Å². The Morgan fingerprint density at radius 3 is 1.94 bits per heavy atom. The Bertz CT molecular complexity index is 331. The molecular formula is C14H17F3O. The minimum absolute atomic E-state index is 0.229. The molecule has 0 atom stereocenters. The molecule has 1 saturated carbocycles. The number of rotatable bonds is 4. The standard InChI is InChI=1S/C14H17F3O/c15-14(16,17)13-9-7-12(8-10-13)6-4-2-1-3-5-11-18/h1-6,11-13H,7-10H2/b2-1+,5-3+,6-4+. The van der Waals surface area contributed by atoms with E-state index in [4.69, 9.17) is 0 Å². The van der Waals surface area contributed by atoms with E-state index in [1.807, 2.05) is 12.2 Å². The average molecular weight is 258 g/mol. The Hall–Kier alpha value is -1.32. The number of hydrogen-bond donors (Lipinski definition) is 0. The van der Waals surface area contributed by atoms with Crippen LogP contribution >= 0.6 is 0 Å². The van der Waals surface area contributed by atoms with Gasteiger partial charge in [-0.1, -0.05) is 30.4 Å². The number of alkyl halides is 3. The summed E-state index contributed by atoms with van der Waals surface area (Å²) in [5, 5.41) is 0. The molecule has 0 radical (unpaired) electrons. The predicted octanol–water partition coefficient (Wildman–Crippen LogP) is 4.22. The van der Waals surface area contributed by atoms with E-state index in [2.05, 4.69) is 0 Å². The minimum Gasteiger partial charge on any atom is -0.299 e. The van der Waals surface area contributed by atoms with Crippen LogP contribution in [0, 0.1) is 11.8 Å². The summed E-state index contributed by atoms with van der Waals surface area (Å²) in [6.07, 6.45) is 8.54. The Kier molecular flexibility index (Phi) is 5.89. The Morgan fingerprint density at radius 1 is 0.833 bits per heavy atom. The van der Waals surface area contributed by atoms with Gasteiger partial charge < -0.3 is 0 Å². The first-order valence-corrected chi connectivity index (χ1v) is 6.06. The molecule has 1 aliphatic rings. The van der Waals surface area contributed by atoms with Crippen molar-refractivity contribution in [2.75, 3.05) is 0 Å². The first-order chi connectivity index (χ1) is 8.54. The van der Waals surface area contributed by atoms with Crippen molar-refractivity contribution in [3.8, 4) is 0 Å². The third-order valence-electron chi connectivity index (χ3n) is 3.14. The van der Waals surface area contributed by atoms with Crippen LogP contribution in [0.15, 0.2) is 36.5 Å². The first kappa shape index (κ1) is 14.7. The Morgan fingerprint density at radius 2 is 1.39 bits per heavy atom. The van der Waals surface area contributed by atoms with Crippen LogP contribution in [0.2, 0.25) is 0 Å². The van der Waals surface area contributed by atoms with Crippen LogP contribution in [-0.2, 0) is 4.79 Å². The second kappa shape index (κ2) is 7.19. The molecule has 18 heavy (non-hydrogen) atoms. The quantitative estimate of drug-likeness (QED) is 0.419. The molecule has 0 aromatic rings. The Labute approximate surface area is 105 Å². The van der Waals surface area contributed by atoms with Gasteiger partial charge in [0.2, 0.25) is 0 Å². The van der Waals surface area contributed by atoms with Crippen molar-refractivity contribution in [1.82, 2.24) is 0 Å². The molecule has 0 aromatic heterocycles. The summed E-state index contributed by atoms with van der Waals surface area (Å²) >= 11 is 0. The minimum atomic E-state index is -4.03. The molecule has 1 rings (SSSR count). The van der Waals surface area contributed by atoms with Crippen molar-refractivity contribution >= 4 is 6.29 Å². The largest absolute Gasteiger partial charge is 0.391 e. The number of halogens is 3. The average Bonchev–Trinajstić information content (AvgIpc) is 2.33. The second-order valence-electron chi connectivity index (χ2n) is 4.44. The van der Waals surface area contributed by atoms with Gasteiger partial charge in [-0.05, 0) is 37.7 Å². The summed E-state index contributed by atoms with van der Waals surface area (Å²) in [6.45, 7) is 0. The lowest BCUT2D eigenvalue weighted by molar-refractivity contribution is -0.183. The van der Waals surface area contributed by atoms with Crippen LogP contribution in [0.5, 0.6) is 0 Å². The maximum absolute atomic E-state index is 12.4. The Balaban J connectivity index is 2.31. The molecule has 0 bridgehead atoms. The van der Waals surface area contributed by atoms with Crippen LogP contribution in [0.25, 0.3) is 0 Å². The molecule has 100 valence electrons. The van der Waals surface area contributed by atoms with E-state index in [-0.39, 0.29) is 18.8 Å². The van der Waals surface area contributed by atoms with E-state index in [0.29, 0.717) is 19.1 Å². The zero-order valence-electron chi connectivity index (χ0n) is 10.1. The molecule has 1 nitrogen and oxygen atoms in total. The number of allylic oxidation sites excluding steroid dienone is 6. The van der Waals surface area contributed by atoms with Gasteiger partial charge in [-0.15, -0.1) is 0 Å². The van der Waals surface area contributed by atoms with Gasteiger partial charge in [0.15, 0.2) is 0 Å². The van der Waals surface area contributed by atoms with Crippen LogP contribution in [0.4, 0.5) is 13.2 Å². The molecule has 0 aliphatic heterocycles. The summed E-state index contributed by atoms with van der Waals surface area (Å²) in [6, 6.07) is 0. The molecule has 0 amide bonds. The highest BCUT2D eigenvalue weighted by Gasteiger charge is 2.40. The van der Waals surface area contributed by atoms with E-state index < -0.39 is 12.1 Å². The van der Waals surface area contributed by atoms with E-state index in [0.717, 1.165) is 0 Å². The monoisotopic (exact) mass is 258 g/mol. The fourth-order valence-corrected chi connectivity index (χ4v) is 2.10. The van der Waals surface area contributed by atoms with E-state index in [1.165, 1.54) is 6.08 Å². The predicted molar refractivity (Wildman–Crippen MR) is 65.0 cm³/mol. The van der Waals surface area contributed by atoms with E-state index >= 15 is 0 Å². The highest BCUT2D eigenvalue weighted by Crippen LogP contribution is 2.39. The molecule has 0 unspecified atom stereocenters. The molecule has 0 N–H and O–H groups in total. The van der Waals surface area contributed by atoms with Gasteiger partial charge in [0.1, 0.15) is 6.29 Å². The third-order valence-corrected chi connectivity index (χ3v) is 3.14. The maximum atomic E-state index is 12.4. The molecule has 0 spiro atoms. The molecule has 1 aliphatic carbocycles. The fourth-order valence-electron chi connectivity index (χ4n) is 2.10. The molecule has 4 heteroatoms. The van der Waals surface area contributed by atoms with Gasteiger partial charge in [-0.2, -0.15) is 13.2 Å². The van der Waals surface area contributed by atoms with Gasteiger partial charge in [0.05, 0.1) is 5.92 Å². The van der Waals surface area contributed by atoms with Crippen molar-refractivity contribution in [3.05, 3.63) is 36.5 Å². The van der Waals surface area contributed by atoms with Gasteiger partial charge in [-0.25, -0.2) is 0 Å². The maximum Gasteiger partial charge on any atom is 0.391 e. The molecule has 0 heterocycles. The zero-order valence-corrected chi connectivity index (χ0v) is 10.1. The summed E-state index contributed by atoms with van der Waals surface area (Å²) in [5.74, 6) is -0.878. The number of carbonyl (C=O) groups excluding carboxylic acids is 1. The van der Waals surface area contributed by atoms with Gasteiger partial charge >= 0.3 is 6.18 Å². The van der Waals surface area contributed by atoms with Gasteiger partial charge in [0, 0.05) is 0 Å². The van der Waals surface area contributed by atoms with Crippen molar-refractivity contribution in [1.29, 1.82) is 0 Å². The van der Waals surface area contributed by atoms with Crippen molar-refractivity contribution in [3.63, 3.8) is 0 Å². The van der Waals surface area contributed by atoms with Crippen molar-refractivity contribution in [2.24, 2.45) is 11.8 Å². The highest BCUT2D eigenvalue weighted by atomic mass is 19.4. The zero-order chi connectivity index (χ0) is 13.4. The third kappa shape index (κ3) is 5.34. The summed E-state index contributed by atoms with van der Waals surface area (Å²) in [4.78, 5) is 9.97. The molecule has 0 saturated heterocycles. The summed E-state index contributed by atoms with van der Waals surface area (Å²) in [5.41, 5.74) is 0. The lowest BCUT2D eigenvalue weighted by atomic mass is 9.81. The summed E-state index contributed by atoms with van der Waals surface area (Å²) in [7, 11) is 0. The molecule has 1 fully saturated rings. The molecular weight excluding hydrogens is 241 g/mol. The normalized spacial score (nSPS) is 26.4. The van der Waals surface area contributed by atoms with Crippen molar-refractivity contribution < 1.29 is 18.0 Å². The van der Waals surface area contributed by atoms with E-state index in [1.54, 1.807) is 18.2 Å². The smallest absolute Gasteiger partial charge is 0.299 e. The number of carbonyl (C=O) groups is 1. The molecule has 0 aromatic carbocycles. The van der Waals surface area contributed by atoms with Gasteiger partial charge in [0.25, 0.3) is 0 Å². The van der Waals surface area contributed by atoms with Gasteiger partial charge in [-0.3, -0.25) is 4.79 Å². The van der Waals surface area contributed by atoms with Crippen LogP contribution in [0.3, 0.4) is 0 Å². The second-order valence-corrected chi connectivity index (χ2v) is 4.44. The van der Waals surface area contributed by atoms with Crippen LogP contribution in [-0.4, -0.2) is 12.5 Å².